The van der Waals surface area contributed by atoms with E-state index in [2.05, 4.69) is 17.6 Å². The minimum atomic E-state index is -0.135. The molecule has 1 aromatic rings. The van der Waals surface area contributed by atoms with Crippen molar-refractivity contribution in [2.24, 2.45) is 0 Å². The summed E-state index contributed by atoms with van der Waals surface area (Å²) < 4.78 is 5.11. The molecule has 0 spiro atoms. The van der Waals surface area contributed by atoms with Gasteiger partial charge in [-0.1, -0.05) is 19.4 Å². The topological polar surface area (TPSA) is 67.4 Å². The van der Waals surface area contributed by atoms with Gasteiger partial charge in [0.2, 0.25) is 5.91 Å². The normalized spacial score (nSPS) is 14.6. The van der Waals surface area contributed by atoms with Crippen LogP contribution in [0.5, 0.6) is 0 Å². The quantitative estimate of drug-likeness (QED) is 0.831. The molecule has 1 aromatic carbocycles. The van der Waals surface area contributed by atoms with E-state index >= 15 is 0 Å². The smallest absolute Gasteiger partial charge is 0.251 e. The molecule has 5 heteroatoms. The van der Waals surface area contributed by atoms with Gasteiger partial charge in [-0.25, -0.2) is 0 Å². The van der Waals surface area contributed by atoms with Crippen molar-refractivity contribution in [2.45, 2.75) is 32.2 Å². The summed E-state index contributed by atoms with van der Waals surface area (Å²) in [6.07, 6.45) is 2.25. The zero-order valence-corrected chi connectivity index (χ0v) is 11.9. The van der Waals surface area contributed by atoms with Crippen molar-refractivity contribution in [3.05, 3.63) is 29.3 Å². The Morgan fingerprint density at radius 1 is 1.50 bits per heavy atom. The van der Waals surface area contributed by atoms with Crippen LogP contribution in [-0.4, -0.2) is 31.6 Å². The Balaban J connectivity index is 2.06. The lowest BCUT2D eigenvalue weighted by atomic mass is 10.1. The van der Waals surface area contributed by atoms with Gasteiger partial charge in [-0.15, -0.1) is 0 Å². The van der Waals surface area contributed by atoms with Crippen molar-refractivity contribution in [2.75, 3.05) is 19.0 Å². The van der Waals surface area contributed by atoms with Gasteiger partial charge in [0.15, 0.2) is 0 Å². The summed E-state index contributed by atoms with van der Waals surface area (Å²) in [4.78, 5) is 23.5. The molecule has 1 heterocycles. The number of anilines is 1. The second-order valence-corrected chi connectivity index (χ2v) is 5.01. The Kier molecular flexibility index (Phi) is 4.74. The first-order valence-corrected chi connectivity index (χ1v) is 6.86. The van der Waals surface area contributed by atoms with Gasteiger partial charge in [-0.2, -0.15) is 0 Å². The van der Waals surface area contributed by atoms with Crippen LogP contribution in [0.25, 0.3) is 0 Å². The number of benzene rings is 1. The number of fused-ring (bicyclic) bond motifs is 1. The fourth-order valence-corrected chi connectivity index (χ4v) is 2.37. The number of rotatable bonds is 6. The van der Waals surface area contributed by atoms with Crippen molar-refractivity contribution < 1.29 is 14.3 Å². The van der Waals surface area contributed by atoms with Gasteiger partial charge < -0.3 is 15.4 Å². The zero-order chi connectivity index (χ0) is 14.5. The molecule has 0 aromatic heterocycles. The van der Waals surface area contributed by atoms with Crippen LogP contribution < -0.4 is 10.6 Å². The maximum absolute atomic E-state index is 12.2. The van der Waals surface area contributed by atoms with Gasteiger partial charge >= 0.3 is 0 Å². The molecule has 2 amide bonds. The molecule has 0 bridgehead atoms. The predicted molar refractivity (Wildman–Crippen MR) is 76.8 cm³/mol. The van der Waals surface area contributed by atoms with Crippen molar-refractivity contribution >= 4 is 17.5 Å². The molecular weight excluding hydrogens is 256 g/mol. The van der Waals surface area contributed by atoms with E-state index in [4.69, 9.17) is 4.74 Å². The van der Waals surface area contributed by atoms with E-state index in [1.165, 1.54) is 0 Å². The lowest BCUT2D eigenvalue weighted by molar-refractivity contribution is -0.115. The molecule has 2 rings (SSSR count). The van der Waals surface area contributed by atoms with Crippen molar-refractivity contribution in [1.29, 1.82) is 0 Å². The molecular formula is C15H20N2O3. The number of carbonyl (C=O) groups is 2. The molecule has 2 N–H and O–H groups in total. The molecule has 1 atom stereocenters. The third-order valence-corrected chi connectivity index (χ3v) is 3.34. The number of carbonyl (C=O) groups excluding carboxylic acids is 2. The number of hydrogen-bond donors (Lipinski definition) is 2. The number of ether oxygens (including phenoxy) is 1. The summed E-state index contributed by atoms with van der Waals surface area (Å²) in [5.74, 6) is -0.162. The van der Waals surface area contributed by atoms with E-state index in [9.17, 15) is 9.59 Å². The van der Waals surface area contributed by atoms with Gasteiger partial charge in [-0.3, -0.25) is 9.59 Å². The minimum absolute atomic E-state index is 0.0142. The van der Waals surface area contributed by atoms with Crippen molar-refractivity contribution in [3.8, 4) is 0 Å². The van der Waals surface area contributed by atoms with E-state index < -0.39 is 0 Å². The van der Waals surface area contributed by atoms with Crippen molar-refractivity contribution in [1.82, 2.24) is 5.32 Å². The average Bonchev–Trinajstić information content (AvgIpc) is 2.78. The third kappa shape index (κ3) is 3.36. The van der Waals surface area contributed by atoms with Crippen LogP contribution in [0.4, 0.5) is 5.69 Å². The van der Waals surface area contributed by atoms with E-state index in [1.807, 2.05) is 6.07 Å². The van der Waals surface area contributed by atoms with Gasteiger partial charge in [0.25, 0.3) is 5.91 Å². The number of methoxy groups -OCH3 is 1. The van der Waals surface area contributed by atoms with Crippen LogP contribution in [0.1, 0.15) is 35.7 Å². The van der Waals surface area contributed by atoms with Crippen LogP contribution in [0.15, 0.2) is 18.2 Å². The first-order valence-electron chi connectivity index (χ1n) is 6.86. The maximum atomic E-state index is 12.2. The fraction of sp³-hybridized carbons (Fsp3) is 0.467. The highest BCUT2D eigenvalue weighted by atomic mass is 16.5. The van der Waals surface area contributed by atoms with Crippen LogP contribution >= 0.6 is 0 Å². The van der Waals surface area contributed by atoms with Gasteiger partial charge in [0.1, 0.15) is 0 Å². The predicted octanol–water partition coefficient (Wildman–Crippen LogP) is 1.73. The molecule has 1 aliphatic rings. The van der Waals surface area contributed by atoms with Crippen LogP contribution in [-0.2, 0) is 16.0 Å². The Morgan fingerprint density at radius 3 is 3.00 bits per heavy atom. The molecule has 108 valence electrons. The first kappa shape index (κ1) is 14.5. The van der Waals surface area contributed by atoms with Crippen LogP contribution in [0.3, 0.4) is 0 Å². The summed E-state index contributed by atoms with van der Waals surface area (Å²) in [5.41, 5.74) is 2.23. The molecule has 0 aliphatic carbocycles. The molecule has 20 heavy (non-hydrogen) atoms. The first-order chi connectivity index (χ1) is 9.63. The zero-order valence-electron chi connectivity index (χ0n) is 11.9. The van der Waals surface area contributed by atoms with E-state index in [1.54, 1.807) is 19.2 Å². The van der Waals surface area contributed by atoms with Gasteiger partial charge in [-0.05, 0) is 24.1 Å². The largest absolute Gasteiger partial charge is 0.383 e. The van der Waals surface area contributed by atoms with E-state index in [0.717, 1.165) is 24.1 Å². The molecule has 0 saturated carbocycles. The fourth-order valence-electron chi connectivity index (χ4n) is 2.37. The molecule has 1 unspecified atom stereocenters. The third-order valence-electron chi connectivity index (χ3n) is 3.34. The number of nitrogens with one attached hydrogen (secondary N) is 2. The second kappa shape index (κ2) is 6.52. The summed E-state index contributed by atoms with van der Waals surface area (Å²) >= 11 is 0. The van der Waals surface area contributed by atoms with E-state index in [-0.39, 0.29) is 17.9 Å². The molecule has 0 fully saturated rings. The van der Waals surface area contributed by atoms with Crippen LogP contribution in [0.2, 0.25) is 0 Å². The highest BCUT2D eigenvalue weighted by Gasteiger charge is 2.20. The summed E-state index contributed by atoms with van der Waals surface area (Å²) in [5, 5.41) is 5.71. The lowest BCUT2D eigenvalue weighted by Crippen LogP contribution is -2.37. The van der Waals surface area contributed by atoms with Gasteiger partial charge in [0.05, 0.1) is 19.1 Å². The highest BCUT2D eigenvalue weighted by Crippen LogP contribution is 2.24. The van der Waals surface area contributed by atoms with Gasteiger partial charge in [0, 0.05) is 18.4 Å². The molecule has 0 radical (unpaired) electrons. The molecule has 1 aliphatic heterocycles. The average molecular weight is 276 g/mol. The minimum Gasteiger partial charge on any atom is -0.383 e. The molecule has 5 nitrogen and oxygen atoms in total. The van der Waals surface area contributed by atoms with E-state index in [0.29, 0.717) is 18.6 Å². The number of hydrogen-bond acceptors (Lipinski definition) is 3. The Labute approximate surface area is 118 Å². The maximum Gasteiger partial charge on any atom is 0.251 e. The summed E-state index contributed by atoms with van der Waals surface area (Å²) in [7, 11) is 1.62. The second-order valence-electron chi connectivity index (χ2n) is 5.01. The Morgan fingerprint density at radius 2 is 2.30 bits per heavy atom. The standard InChI is InChI=1S/C15H20N2O3/c1-3-4-12(9-20-2)16-15(19)11-6-5-10-8-14(18)17-13(10)7-11/h5-7,12H,3-4,8-9H2,1-2H3,(H,16,19)(H,17,18). The monoisotopic (exact) mass is 276 g/mol. The molecule has 0 saturated heterocycles. The summed E-state index contributed by atoms with van der Waals surface area (Å²) in [6.45, 7) is 2.57. The lowest BCUT2D eigenvalue weighted by Gasteiger charge is -2.17. The SMILES string of the molecule is CCCC(COC)NC(=O)c1ccc2c(c1)NC(=O)C2. The summed E-state index contributed by atoms with van der Waals surface area (Å²) in [6, 6.07) is 5.32. The highest BCUT2D eigenvalue weighted by molar-refractivity contribution is 6.02. The Bertz CT molecular complexity index is 508. The Hall–Kier alpha value is -1.88. The van der Waals surface area contributed by atoms with Crippen molar-refractivity contribution in [3.63, 3.8) is 0 Å². The van der Waals surface area contributed by atoms with Crippen LogP contribution in [0, 0.1) is 0 Å². The number of amides is 2.